The van der Waals surface area contributed by atoms with Crippen molar-refractivity contribution in [2.24, 2.45) is 0 Å². The number of amides is 1. The fraction of sp³-hybridized carbons (Fsp3) is 0.188. The van der Waals surface area contributed by atoms with Crippen LogP contribution in [0.2, 0.25) is 0 Å². The highest BCUT2D eigenvalue weighted by atomic mass is 19.1. The lowest BCUT2D eigenvalue weighted by atomic mass is 9.90. The van der Waals surface area contributed by atoms with Gasteiger partial charge in [-0.25, -0.2) is 9.82 Å². The lowest BCUT2D eigenvalue weighted by Gasteiger charge is -2.22. The molecule has 0 aromatic heterocycles. The third-order valence-corrected chi connectivity index (χ3v) is 3.52. The molecule has 1 aliphatic rings. The molecule has 5 heteroatoms. The van der Waals surface area contributed by atoms with Crippen molar-refractivity contribution in [3.63, 3.8) is 0 Å². The molecular weight excluding hydrogens is 271 g/mol. The monoisotopic (exact) mass is 286 g/mol. The summed E-state index contributed by atoms with van der Waals surface area (Å²) in [6, 6.07) is 13.4. The predicted octanol–water partition coefficient (Wildman–Crippen LogP) is 2.86. The van der Waals surface area contributed by atoms with Gasteiger partial charge in [-0.05, 0) is 36.8 Å². The number of rotatable bonds is 3. The van der Waals surface area contributed by atoms with Crippen molar-refractivity contribution in [2.75, 3.05) is 0 Å². The van der Waals surface area contributed by atoms with Crippen LogP contribution in [-0.4, -0.2) is 5.91 Å². The van der Waals surface area contributed by atoms with E-state index in [1.165, 1.54) is 12.1 Å². The number of nitrogens with one attached hydrogen (secondary N) is 2. The van der Waals surface area contributed by atoms with Gasteiger partial charge in [-0.1, -0.05) is 18.2 Å². The van der Waals surface area contributed by atoms with Crippen molar-refractivity contribution >= 4 is 5.91 Å². The molecule has 1 amide bonds. The van der Waals surface area contributed by atoms with Crippen molar-refractivity contribution < 1.29 is 13.9 Å². The van der Waals surface area contributed by atoms with Gasteiger partial charge in [0.1, 0.15) is 17.3 Å². The van der Waals surface area contributed by atoms with Gasteiger partial charge in [0.25, 0.3) is 0 Å². The predicted molar refractivity (Wildman–Crippen MR) is 76.2 cm³/mol. The van der Waals surface area contributed by atoms with Crippen LogP contribution in [0.25, 0.3) is 0 Å². The lowest BCUT2D eigenvalue weighted by molar-refractivity contribution is -0.119. The van der Waals surface area contributed by atoms with Crippen LogP contribution in [0, 0.1) is 5.82 Å². The van der Waals surface area contributed by atoms with Crippen LogP contribution in [0.5, 0.6) is 11.5 Å². The fourth-order valence-corrected chi connectivity index (χ4v) is 2.35. The van der Waals surface area contributed by atoms with Gasteiger partial charge in [-0.3, -0.25) is 10.2 Å². The van der Waals surface area contributed by atoms with Gasteiger partial charge in [-0.15, -0.1) is 0 Å². The maximum absolute atomic E-state index is 13.1. The minimum Gasteiger partial charge on any atom is -0.457 e. The number of ether oxygens (including phenoxy) is 1. The van der Waals surface area contributed by atoms with E-state index in [9.17, 15) is 9.18 Å². The van der Waals surface area contributed by atoms with E-state index < -0.39 is 5.54 Å². The summed E-state index contributed by atoms with van der Waals surface area (Å²) in [5.41, 5.74) is 6.15. The molecule has 2 aromatic carbocycles. The van der Waals surface area contributed by atoms with Crippen molar-refractivity contribution in [1.29, 1.82) is 0 Å². The van der Waals surface area contributed by atoms with E-state index in [4.69, 9.17) is 4.74 Å². The Kier molecular flexibility index (Phi) is 3.35. The van der Waals surface area contributed by atoms with Gasteiger partial charge in [0, 0.05) is 6.07 Å². The number of benzene rings is 2. The molecule has 1 atom stereocenters. The molecule has 108 valence electrons. The molecule has 0 aliphatic carbocycles. The number of hydrogen-bond donors (Lipinski definition) is 2. The van der Waals surface area contributed by atoms with E-state index in [2.05, 4.69) is 10.9 Å². The summed E-state index contributed by atoms with van der Waals surface area (Å²) in [5.74, 6) is 0.698. The second-order valence-electron chi connectivity index (χ2n) is 5.27. The summed E-state index contributed by atoms with van der Waals surface area (Å²) < 4.78 is 18.7. The molecule has 21 heavy (non-hydrogen) atoms. The van der Waals surface area contributed by atoms with Crippen LogP contribution in [0.4, 0.5) is 4.39 Å². The Balaban J connectivity index is 1.77. The summed E-state index contributed by atoms with van der Waals surface area (Å²) in [6.07, 6.45) is 0.386. The highest BCUT2D eigenvalue weighted by Crippen LogP contribution is 2.29. The Bertz CT molecular complexity index is 672. The Morgan fingerprint density at radius 2 is 1.90 bits per heavy atom. The highest BCUT2D eigenvalue weighted by molar-refractivity contribution is 5.79. The summed E-state index contributed by atoms with van der Waals surface area (Å²) in [4.78, 5) is 11.3. The van der Waals surface area contributed by atoms with Crippen LogP contribution < -0.4 is 15.6 Å². The average molecular weight is 286 g/mol. The zero-order valence-electron chi connectivity index (χ0n) is 11.5. The molecule has 2 N–H and O–H groups in total. The zero-order valence-corrected chi connectivity index (χ0v) is 11.5. The Hall–Kier alpha value is -2.40. The van der Waals surface area contributed by atoms with Crippen molar-refractivity contribution in [2.45, 2.75) is 18.9 Å². The van der Waals surface area contributed by atoms with E-state index in [0.29, 0.717) is 17.9 Å². The Morgan fingerprint density at radius 1 is 1.14 bits per heavy atom. The molecule has 1 aliphatic heterocycles. The average Bonchev–Trinajstić information content (AvgIpc) is 2.80. The van der Waals surface area contributed by atoms with E-state index in [-0.39, 0.29) is 11.7 Å². The number of halogens is 1. The number of hydrazine groups is 1. The molecule has 3 rings (SSSR count). The Morgan fingerprint density at radius 3 is 2.52 bits per heavy atom. The molecule has 4 nitrogen and oxygen atoms in total. The van der Waals surface area contributed by atoms with Crippen LogP contribution in [0.1, 0.15) is 18.9 Å². The molecular formula is C16H15FN2O2. The molecule has 0 spiro atoms. The minimum absolute atomic E-state index is 0.0300. The second kappa shape index (κ2) is 5.18. The first kappa shape index (κ1) is 13.6. The van der Waals surface area contributed by atoms with E-state index >= 15 is 0 Å². The molecule has 1 fully saturated rings. The molecule has 1 heterocycles. The SMILES string of the molecule is CC1(c2ccc(Oc3cccc(F)c3)cc2)CC(=O)NN1. The summed E-state index contributed by atoms with van der Waals surface area (Å²) in [5, 5.41) is 0. The van der Waals surface area contributed by atoms with Gasteiger partial charge in [0.15, 0.2) is 0 Å². The minimum atomic E-state index is -0.422. The second-order valence-corrected chi connectivity index (χ2v) is 5.27. The standard InChI is InChI=1S/C16H15FN2O2/c1-16(10-15(20)18-19-16)11-5-7-13(8-6-11)21-14-4-2-3-12(17)9-14/h2-9,19H,10H2,1H3,(H,18,20). The topological polar surface area (TPSA) is 50.4 Å². The maximum atomic E-state index is 13.1. The zero-order chi connectivity index (χ0) is 14.9. The van der Waals surface area contributed by atoms with Crippen LogP contribution in [0.3, 0.4) is 0 Å². The van der Waals surface area contributed by atoms with Gasteiger partial charge in [0.2, 0.25) is 5.91 Å². The molecule has 0 bridgehead atoms. The number of carbonyl (C=O) groups is 1. The number of hydrogen-bond acceptors (Lipinski definition) is 3. The summed E-state index contributed by atoms with van der Waals surface area (Å²) in [7, 11) is 0. The van der Waals surface area contributed by atoms with Gasteiger partial charge >= 0.3 is 0 Å². The first-order valence-corrected chi connectivity index (χ1v) is 6.65. The molecule has 2 aromatic rings. The quantitative estimate of drug-likeness (QED) is 0.912. The van der Waals surface area contributed by atoms with E-state index in [1.807, 2.05) is 19.1 Å². The maximum Gasteiger partial charge on any atom is 0.236 e. The van der Waals surface area contributed by atoms with Gasteiger partial charge < -0.3 is 4.74 Å². The van der Waals surface area contributed by atoms with Gasteiger partial charge in [-0.2, -0.15) is 0 Å². The fourth-order valence-electron chi connectivity index (χ4n) is 2.35. The third-order valence-electron chi connectivity index (χ3n) is 3.52. The molecule has 0 saturated carbocycles. The number of carbonyl (C=O) groups excluding carboxylic acids is 1. The van der Waals surface area contributed by atoms with Crippen molar-refractivity contribution in [3.05, 3.63) is 59.9 Å². The summed E-state index contributed by atoms with van der Waals surface area (Å²) >= 11 is 0. The largest absolute Gasteiger partial charge is 0.457 e. The molecule has 1 unspecified atom stereocenters. The van der Waals surface area contributed by atoms with Crippen LogP contribution in [0.15, 0.2) is 48.5 Å². The van der Waals surface area contributed by atoms with Crippen molar-refractivity contribution in [3.8, 4) is 11.5 Å². The van der Waals surface area contributed by atoms with E-state index in [0.717, 1.165) is 5.56 Å². The molecule has 0 radical (unpaired) electrons. The van der Waals surface area contributed by atoms with Crippen LogP contribution >= 0.6 is 0 Å². The first-order valence-electron chi connectivity index (χ1n) is 6.65. The van der Waals surface area contributed by atoms with Gasteiger partial charge in [0.05, 0.1) is 12.0 Å². The van der Waals surface area contributed by atoms with E-state index in [1.54, 1.807) is 24.3 Å². The van der Waals surface area contributed by atoms with Crippen LogP contribution in [-0.2, 0) is 10.3 Å². The lowest BCUT2D eigenvalue weighted by Crippen LogP contribution is -2.38. The Labute approximate surface area is 121 Å². The highest BCUT2D eigenvalue weighted by Gasteiger charge is 2.35. The first-order chi connectivity index (χ1) is 10.0. The summed E-state index contributed by atoms with van der Waals surface area (Å²) in [6.45, 7) is 1.95. The third kappa shape index (κ3) is 2.87. The smallest absolute Gasteiger partial charge is 0.236 e. The normalized spacial score (nSPS) is 21.1. The molecule has 1 saturated heterocycles. The van der Waals surface area contributed by atoms with Crippen molar-refractivity contribution in [1.82, 2.24) is 10.9 Å².